The molecule has 1 unspecified atom stereocenters. The maximum Gasteiger partial charge on any atom is 0.192 e. The molecule has 0 saturated heterocycles. The number of nitrogens with one attached hydrogen (secondary N) is 1. The van der Waals surface area contributed by atoms with Gasteiger partial charge in [0.25, 0.3) is 0 Å². The molecule has 0 spiro atoms. The number of rotatable bonds is 3. The Morgan fingerprint density at radius 3 is 2.40 bits per heavy atom. The molecule has 88 valence electrons. The Bertz CT molecular complexity index is 245. The Labute approximate surface area is 94.6 Å². The summed E-state index contributed by atoms with van der Waals surface area (Å²) in [6.45, 7) is 12.2. The summed E-state index contributed by atoms with van der Waals surface area (Å²) in [5, 5.41) is 2.37. The average molecular weight is 228 g/mol. The quantitative estimate of drug-likeness (QED) is 0.750. The number of nitrogens with zero attached hydrogens (tertiary/aromatic N) is 1. The molecule has 1 rings (SSSR count). The van der Waals surface area contributed by atoms with Crippen LogP contribution in [0.5, 0.6) is 0 Å². The maximum absolute atomic E-state index is 6.15. The van der Waals surface area contributed by atoms with Crippen LogP contribution in [0.1, 0.15) is 20.8 Å². The molecule has 0 fully saturated rings. The first-order chi connectivity index (χ1) is 6.74. The van der Waals surface area contributed by atoms with E-state index in [2.05, 4.69) is 50.4 Å². The van der Waals surface area contributed by atoms with Crippen molar-refractivity contribution in [3.63, 3.8) is 0 Å². The molecule has 0 aromatic heterocycles. The molecule has 15 heavy (non-hydrogen) atoms. The average Bonchev–Trinajstić information content (AvgIpc) is 2.46. The van der Waals surface area contributed by atoms with Crippen LogP contribution in [0.3, 0.4) is 0 Å². The minimum absolute atomic E-state index is 0.293. The lowest BCUT2D eigenvalue weighted by Gasteiger charge is -2.37. The van der Waals surface area contributed by atoms with Gasteiger partial charge >= 0.3 is 0 Å². The van der Waals surface area contributed by atoms with Crippen LogP contribution in [0, 0.1) is 0 Å². The Kier molecular flexibility index (Phi) is 3.63. The Morgan fingerprint density at radius 1 is 1.40 bits per heavy atom. The molecular weight excluding hydrogens is 204 g/mol. The summed E-state index contributed by atoms with van der Waals surface area (Å²) in [6, 6.07) is 0.374. The number of likely N-dealkylation sites (N-methyl/N-ethyl adjacent to an activating group) is 1. The van der Waals surface area contributed by atoms with Crippen LogP contribution in [-0.4, -0.2) is 33.0 Å². The highest BCUT2D eigenvalue weighted by Gasteiger charge is 2.37. The zero-order valence-corrected chi connectivity index (χ0v) is 11.8. The SMILES string of the molecule is CN1NC=CC1CO[Si](C)(C)C(C)(C)C. The highest BCUT2D eigenvalue weighted by atomic mass is 28.4. The van der Waals surface area contributed by atoms with E-state index in [1.54, 1.807) is 0 Å². The summed E-state index contributed by atoms with van der Waals surface area (Å²) in [6.07, 6.45) is 4.12. The summed E-state index contributed by atoms with van der Waals surface area (Å²) in [5.74, 6) is 0. The summed E-state index contributed by atoms with van der Waals surface area (Å²) >= 11 is 0. The fourth-order valence-corrected chi connectivity index (χ4v) is 2.19. The van der Waals surface area contributed by atoms with Crippen molar-refractivity contribution in [1.29, 1.82) is 0 Å². The van der Waals surface area contributed by atoms with E-state index in [-0.39, 0.29) is 0 Å². The molecule has 0 aromatic carbocycles. The van der Waals surface area contributed by atoms with E-state index < -0.39 is 8.32 Å². The molecular formula is C11H24N2OSi. The molecule has 0 radical (unpaired) electrons. The second-order valence-electron chi connectivity index (χ2n) is 5.74. The third-order valence-corrected chi connectivity index (χ3v) is 8.02. The van der Waals surface area contributed by atoms with E-state index in [0.717, 1.165) is 6.61 Å². The van der Waals surface area contributed by atoms with Gasteiger partial charge < -0.3 is 9.85 Å². The molecule has 1 atom stereocenters. The normalized spacial score (nSPS) is 23.2. The molecule has 0 aliphatic carbocycles. The molecule has 1 aliphatic heterocycles. The van der Waals surface area contributed by atoms with Crippen molar-refractivity contribution in [1.82, 2.24) is 10.4 Å². The van der Waals surface area contributed by atoms with E-state index >= 15 is 0 Å². The lowest BCUT2D eigenvalue weighted by Crippen LogP contribution is -2.45. The number of hydrogen-bond donors (Lipinski definition) is 1. The summed E-state index contributed by atoms with van der Waals surface area (Å²) in [5.41, 5.74) is 3.13. The lowest BCUT2D eigenvalue weighted by molar-refractivity contribution is 0.168. The van der Waals surface area contributed by atoms with E-state index in [9.17, 15) is 0 Å². The van der Waals surface area contributed by atoms with Gasteiger partial charge in [0.15, 0.2) is 8.32 Å². The third-order valence-electron chi connectivity index (χ3n) is 3.52. The van der Waals surface area contributed by atoms with Gasteiger partial charge in [0, 0.05) is 13.2 Å². The van der Waals surface area contributed by atoms with Gasteiger partial charge in [-0.1, -0.05) is 20.8 Å². The molecule has 1 aliphatic rings. The van der Waals surface area contributed by atoms with E-state index in [4.69, 9.17) is 4.43 Å². The number of hydrogen-bond acceptors (Lipinski definition) is 3. The smallest absolute Gasteiger partial charge is 0.192 e. The van der Waals surface area contributed by atoms with Gasteiger partial charge in [-0.05, 0) is 24.2 Å². The summed E-state index contributed by atoms with van der Waals surface area (Å²) in [4.78, 5) is 0. The van der Waals surface area contributed by atoms with Crippen molar-refractivity contribution in [3.05, 3.63) is 12.3 Å². The molecule has 0 aromatic rings. The second kappa shape index (κ2) is 4.27. The zero-order chi connectivity index (χ0) is 11.7. The zero-order valence-electron chi connectivity index (χ0n) is 10.8. The van der Waals surface area contributed by atoms with Crippen molar-refractivity contribution in [2.24, 2.45) is 0 Å². The third kappa shape index (κ3) is 3.06. The number of hydrazine groups is 1. The molecule has 0 bridgehead atoms. The van der Waals surface area contributed by atoms with Gasteiger partial charge in [-0.3, -0.25) is 0 Å². The van der Waals surface area contributed by atoms with Crippen LogP contribution in [0.2, 0.25) is 18.1 Å². The Morgan fingerprint density at radius 2 is 2.00 bits per heavy atom. The first kappa shape index (κ1) is 12.7. The van der Waals surface area contributed by atoms with Crippen LogP contribution in [-0.2, 0) is 4.43 Å². The predicted molar refractivity (Wildman–Crippen MR) is 67.0 cm³/mol. The molecule has 0 amide bonds. The Balaban J connectivity index is 2.46. The molecule has 1 N–H and O–H groups in total. The van der Waals surface area contributed by atoms with E-state index in [1.807, 2.05) is 13.2 Å². The van der Waals surface area contributed by atoms with Gasteiger partial charge in [0.2, 0.25) is 0 Å². The molecule has 1 heterocycles. The highest BCUT2D eigenvalue weighted by molar-refractivity contribution is 6.74. The molecule has 3 nitrogen and oxygen atoms in total. The van der Waals surface area contributed by atoms with Crippen LogP contribution in [0.25, 0.3) is 0 Å². The minimum Gasteiger partial charge on any atom is -0.415 e. The van der Waals surface area contributed by atoms with Crippen molar-refractivity contribution in [2.75, 3.05) is 13.7 Å². The van der Waals surface area contributed by atoms with Gasteiger partial charge in [-0.2, -0.15) is 0 Å². The largest absolute Gasteiger partial charge is 0.415 e. The van der Waals surface area contributed by atoms with Crippen molar-refractivity contribution in [2.45, 2.75) is 44.9 Å². The first-order valence-electron chi connectivity index (χ1n) is 5.54. The standard InChI is InChI=1S/C11H24N2OSi/c1-11(2,3)15(5,6)14-9-10-7-8-12-13(10)4/h7-8,10,12H,9H2,1-6H3. The fourth-order valence-electron chi connectivity index (χ4n) is 1.17. The monoisotopic (exact) mass is 228 g/mol. The maximum atomic E-state index is 6.15. The Hall–Kier alpha value is -0.323. The van der Waals surface area contributed by atoms with Crippen molar-refractivity contribution in [3.8, 4) is 0 Å². The second-order valence-corrected chi connectivity index (χ2v) is 10.5. The van der Waals surface area contributed by atoms with Gasteiger partial charge in [-0.15, -0.1) is 0 Å². The van der Waals surface area contributed by atoms with Crippen LogP contribution >= 0.6 is 0 Å². The van der Waals surface area contributed by atoms with E-state index in [1.165, 1.54) is 0 Å². The minimum atomic E-state index is -1.59. The fraction of sp³-hybridized carbons (Fsp3) is 0.818. The van der Waals surface area contributed by atoms with Crippen molar-refractivity contribution < 1.29 is 4.43 Å². The van der Waals surface area contributed by atoms with Crippen LogP contribution < -0.4 is 5.43 Å². The molecule has 4 heteroatoms. The van der Waals surface area contributed by atoms with Gasteiger partial charge in [0.05, 0.1) is 12.6 Å². The summed E-state index contributed by atoms with van der Waals surface area (Å²) < 4.78 is 6.15. The van der Waals surface area contributed by atoms with Gasteiger partial charge in [0.1, 0.15) is 0 Å². The predicted octanol–water partition coefficient (Wildman–Crippen LogP) is 2.34. The van der Waals surface area contributed by atoms with Crippen LogP contribution in [0.4, 0.5) is 0 Å². The van der Waals surface area contributed by atoms with E-state index in [0.29, 0.717) is 11.1 Å². The van der Waals surface area contributed by atoms with Gasteiger partial charge in [-0.25, -0.2) is 5.01 Å². The first-order valence-corrected chi connectivity index (χ1v) is 8.44. The molecule has 0 saturated carbocycles. The summed E-state index contributed by atoms with van der Waals surface area (Å²) in [7, 11) is 0.451. The van der Waals surface area contributed by atoms with Crippen LogP contribution in [0.15, 0.2) is 12.3 Å². The highest BCUT2D eigenvalue weighted by Crippen LogP contribution is 2.36. The topological polar surface area (TPSA) is 24.5 Å². The lowest BCUT2D eigenvalue weighted by atomic mass is 10.2. The van der Waals surface area contributed by atoms with Crippen molar-refractivity contribution >= 4 is 8.32 Å².